The predicted octanol–water partition coefficient (Wildman–Crippen LogP) is 3.77. The summed E-state index contributed by atoms with van der Waals surface area (Å²) in [6.07, 6.45) is 1.99. The van der Waals surface area contributed by atoms with Gasteiger partial charge in [0.05, 0.1) is 10.0 Å². The number of hydrogen-bond donors (Lipinski definition) is 2. The van der Waals surface area contributed by atoms with E-state index in [9.17, 15) is 0 Å². The molecule has 0 spiro atoms. The molecule has 20 heavy (non-hydrogen) atoms. The molecule has 0 heterocycles. The van der Waals surface area contributed by atoms with Gasteiger partial charge in [0.1, 0.15) is 0 Å². The van der Waals surface area contributed by atoms with Crippen LogP contribution in [0, 0.1) is 0 Å². The van der Waals surface area contributed by atoms with Crippen molar-refractivity contribution in [1.29, 1.82) is 0 Å². The van der Waals surface area contributed by atoms with Crippen LogP contribution < -0.4 is 10.6 Å². The lowest BCUT2D eigenvalue weighted by Gasteiger charge is -2.11. The lowest BCUT2D eigenvalue weighted by molar-refractivity contribution is 0.133. The van der Waals surface area contributed by atoms with Gasteiger partial charge >= 0.3 is 0 Å². The lowest BCUT2D eigenvalue weighted by atomic mass is 10.2. The Morgan fingerprint density at radius 2 is 2.00 bits per heavy atom. The molecule has 0 bridgehead atoms. The molecule has 0 aliphatic rings. The molecule has 0 saturated heterocycles. The monoisotopic (exact) mass is 334 g/mol. The third-order valence-electron chi connectivity index (χ3n) is 2.54. The van der Waals surface area contributed by atoms with Crippen molar-refractivity contribution in [1.82, 2.24) is 10.6 Å². The van der Waals surface area contributed by atoms with Crippen LogP contribution in [-0.4, -0.2) is 24.9 Å². The van der Waals surface area contributed by atoms with Crippen LogP contribution >= 0.6 is 35.4 Å². The van der Waals surface area contributed by atoms with Crippen molar-refractivity contribution in [2.45, 2.75) is 26.3 Å². The van der Waals surface area contributed by atoms with Gasteiger partial charge in [-0.05, 0) is 42.8 Å². The molecule has 0 aromatic heterocycles. The molecule has 1 rings (SSSR count). The lowest BCUT2D eigenvalue weighted by Crippen LogP contribution is -2.35. The Labute approximate surface area is 136 Å². The van der Waals surface area contributed by atoms with E-state index >= 15 is 0 Å². The van der Waals surface area contributed by atoms with Gasteiger partial charge in [-0.2, -0.15) is 0 Å². The zero-order valence-corrected chi connectivity index (χ0v) is 13.9. The molecule has 0 radical (unpaired) electrons. The number of thiocarbonyl (C=S) groups is 1. The minimum Gasteiger partial charge on any atom is -0.381 e. The fourth-order valence-electron chi connectivity index (χ4n) is 1.52. The van der Waals surface area contributed by atoms with Crippen LogP contribution in [-0.2, 0) is 11.3 Å². The van der Waals surface area contributed by atoms with Crippen LogP contribution in [0.5, 0.6) is 0 Å². The summed E-state index contributed by atoms with van der Waals surface area (Å²) in [7, 11) is 0. The number of nitrogens with one attached hydrogen (secondary N) is 2. The summed E-state index contributed by atoms with van der Waals surface area (Å²) in [5, 5.41) is 8.01. The first-order valence-corrected chi connectivity index (χ1v) is 7.83. The first-order valence-electron chi connectivity index (χ1n) is 6.67. The van der Waals surface area contributed by atoms with E-state index in [1.807, 2.05) is 12.1 Å². The second-order valence-electron chi connectivity index (χ2n) is 4.32. The Morgan fingerprint density at radius 1 is 1.20 bits per heavy atom. The molecule has 1 aromatic carbocycles. The number of rotatable bonds is 8. The average Bonchev–Trinajstić information content (AvgIpc) is 2.44. The van der Waals surface area contributed by atoms with Crippen molar-refractivity contribution in [3.05, 3.63) is 33.8 Å². The Bertz CT molecular complexity index is 430. The van der Waals surface area contributed by atoms with Crippen LogP contribution in [0.3, 0.4) is 0 Å². The highest BCUT2D eigenvalue weighted by Crippen LogP contribution is 2.22. The van der Waals surface area contributed by atoms with Crippen LogP contribution in [0.15, 0.2) is 18.2 Å². The molecule has 0 saturated carbocycles. The molecule has 2 N–H and O–H groups in total. The van der Waals surface area contributed by atoms with Crippen LogP contribution in [0.1, 0.15) is 25.3 Å². The van der Waals surface area contributed by atoms with Gasteiger partial charge in [0.15, 0.2) is 5.11 Å². The summed E-state index contributed by atoms with van der Waals surface area (Å²) in [5.41, 5.74) is 1.04. The van der Waals surface area contributed by atoms with E-state index in [0.717, 1.165) is 38.2 Å². The molecule has 0 unspecified atom stereocenters. The van der Waals surface area contributed by atoms with Crippen molar-refractivity contribution < 1.29 is 4.74 Å². The Morgan fingerprint density at radius 3 is 2.70 bits per heavy atom. The van der Waals surface area contributed by atoms with E-state index < -0.39 is 0 Å². The normalized spacial score (nSPS) is 10.3. The number of ether oxygens (including phenoxy) is 1. The maximum absolute atomic E-state index is 5.95. The molecule has 3 nitrogen and oxygen atoms in total. The third-order valence-corrected chi connectivity index (χ3v) is 3.56. The summed E-state index contributed by atoms with van der Waals surface area (Å²) >= 11 is 17.0. The zero-order chi connectivity index (χ0) is 14.8. The van der Waals surface area contributed by atoms with Crippen LogP contribution in [0.2, 0.25) is 10.0 Å². The molecular weight excluding hydrogens is 315 g/mol. The Kier molecular flexibility index (Phi) is 8.94. The molecule has 6 heteroatoms. The van der Waals surface area contributed by atoms with Crippen LogP contribution in [0.4, 0.5) is 0 Å². The summed E-state index contributed by atoms with van der Waals surface area (Å²) in [5.74, 6) is 0. The molecule has 0 atom stereocenters. The van der Waals surface area contributed by atoms with Gasteiger partial charge < -0.3 is 15.4 Å². The van der Waals surface area contributed by atoms with Gasteiger partial charge in [-0.25, -0.2) is 0 Å². The fourth-order valence-corrected chi connectivity index (χ4v) is 2.01. The van der Waals surface area contributed by atoms with Gasteiger partial charge in [-0.15, -0.1) is 0 Å². The summed E-state index contributed by atoms with van der Waals surface area (Å²) < 4.78 is 5.39. The van der Waals surface area contributed by atoms with E-state index in [1.165, 1.54) is 0 Å². The van der Waals surface area contributed by atoms with Crippen molar-refractivity contribution in [2.75, 3.05) is 19.8 Å². The molecular formula is C14H20Cl2N2OS. The summed E-state index contributed by atoms with van der Waals surface area (Å²) in [4.78, 5) is 0. The van der Waals surface area contributed by atoms with E-state index in [-0.39, 0.29) is 0 Å². The maximum atomic E-state index is 5.95. The number of hydrogen-bond acceptors (Lipinski definition) is 2. The Balaban J connectivity index is 2.15. The average molecular weight is 335 g/mol. The molecule has 0 aliphatic carbocycles. The van der Waals surface area contributed by atoms with Crippen molar-refractivity contribution in [2.24, 2.45) is 0 Å². The van der Waals surface area contributed by atoms with Gasteiger partial charge in [0.25, 0.3) is 0 Å². The maximum Gasteiger partial charge on any atom is 0.166 e. The van der Waals surface area contributed by atoms with Gasteiger partial charge in [-0.3, -0.25) is 0 Å². The minimum absolute atomic E-state index is 0.554. The molecule has 0 fully saturated rings. The minimum atomic E-state index is 0.554. The van der Waals surface area contributed by atoms with Crippen molar-refractivity contribution >= 4 is 40.5 Å². The number of halogens is 2. The first kappa shape index (κ1) is 17.5. The third kappa shape index (κ3) is 7.29. The highest BCUT2D eigenvalue weighted by atomic mass is 35.5. The van der Waals surface area contributed by atoms with Gasteiger partial charge in [0, 0.05) is 26.3 Å². The predicted molar refractivity (Wildman–Crippen MR) is 89.6 cm³/mol. The second-order valence-corrected chi connectivity index (χ2v) is 5.55. The van der Waals surface area contributed by atoms with Crippen LogP contribution in [0.25, 0.3) is 0 Å². The molecule has 1 aromatic rings. The zero-order valence-electron chi connectivity index (χ0n) is 11.5. The van der Waals surface area contributed by atoms with E-state index in [1.54, 1.807) is 6.07 Å². The second kappa shape index (κ2) is 10.2. The van der Waals surface area contributed by atoms with Crippen molar-refractivity contribution in [3.8, 4) is 0 Å². The summed E-state index contributed by atoms with van der Waals surface area (Å²) in [6.45, 7) is 5.10. The standard InChI is InChI=1S/C14H20Cl2N2OS/c1-2-7-19-8-3-6-17-14(20)18-10-11-4-5-12(15)13(16)9-11/h4-5,9H,2-3,6-8,10H2,1H3,(H2,17,18,20). The van der Waals surface area contributed by atoms with E-state index in [2.05, 4.69) is 17.6 Å². The van der Waals surface area contributed by atoms with E-state index in [4.69, 9.17) is 40.2 Å². The highest BCUT2D eigenvalue weighted by molar-refractivity contribution is 7.80. The first-order chi connectivity index (χ1) is 9.63. The largest absolute Gasteiger partial charge is 0.381 e. The number of benzene rings is 1. The van der Waals surface area contributed by atoms with Gasteiger partial charge in [-0.1, -0.05) is 36.2 Å². The quantitative estimate of drug-likeness (QED) is 0.560. The van der Waals surface area contributed by atoms with Gasteiger partial charge in [0.2, 0.25) is 0 Å². The molecule has 112 valence electrons. The highest BCUT2D eigenvalue weighted by Gasteiger charge is 2.00. The molecule has 0 amide bonds. The van der Waals surface area contributed by atoms with E-state index in [0.29, 0.717) is 21.7 Å². The Hall–Kier alpha value is -0.550. The van der Waals surface area contributed by atoms with Crippen molar-refractivity contribution in [3.63, 3.8) is 0 Å². The smallest absolute Gasteiger partial charge is 0.166 e. The topological polar surface area (TPSA) is 33.3 Å². The summed E-state index contributed by atoms with van der Waals surface area (Å²) in [6, 6.07) is 5.53. The molecule has 0 aliphatic heterocycles. The SMILES string of the molecule is CCCOCCCNC(=S)NCc1ccc(Cl)c(Cl)c1. The fraction of sp³-hybridized carbons (Fsp3) is 0.500.